The molecule has 0 spiro atoms. The summed E-state index contributed by atoms with van der Waals surface area (Å²) in [6.45, 7) is 0.906. The number of imide groups is 1. The number of carbonyl (C=O) groups is 3. The lowest BCUT2D eigenvalue weighted by Crippen LogP contribution is -2.44. The van der Waals surface area contributed by atoms with Gasteiger partial charge in [-0.3, -0.25) is 24.3 Å². The Hall–Kier alpha value is -2.33. The smallest absolute Gasteiger partial charge is 0.244 e. The number of nitrogens with one attached hydrogen (secondary N) is 1. The van der Waals surface area contributed by atoms with Crippen LogP contribution >= 0.6 is 0 Å². The third-order valence-electron chi connectivity index (χ3n) is 4.89. The number of hydrogen-bond donors (Lipinski definition) is 1. The van der Waals surface area contributed by atoms with Gasteiger partial charge in [0.2, 0.25) is 27.7 Å². The van der Waals surface area contributed by atoms with Gasteiger partial charge in [-0.05, 0) is 30.9 Å². The highest BCUT2D eigenvalue weighted by Crippen LogP contribution is 2.23. The zero-order valence-electron chi connectivity index (χ0n) is 14.8. The maximum absolute atomic E-state index is 12.6. The van der Waals surface area contributed by atoms with E-state index in [1.807, 2.05) is 0 Å². The van der Waals surface area contributed by atoms with Crippen LogP contribution in [0.2, 0.25) is 0 Å². The number of pyridine rings is 1. The Labute approximate surface area is 157 Å². The monoisotopic (exact) mass is 394 g/mol. The number of nitrogens with zero attached hydrogens (tertiary/aromatic N) is 3. The average Bonchev–Trinajstić information content (AvgIpc) is 2.99. The summed E-state index contributed by atoms with van der Waals surface area (Å²) in [5.41, 5.74) is 0. The van der Waals surface area contributed by atoms with E-state index in [1.165, 1.54) is 22.8 Å². The SMILES string of the molecule is O=C(CN1C(=O)CCC1=O)NCC1CCN(S(=O)(=O)c2cccnc2)CC1. The average molecular weight is 394 g/mol. The lowest BCUT2D eigenvalue weighted by molar-refractivity contribution is -0.142. The van der Waals surface area contributed by atoms with Crippen LogP contribution in [0.3, 0.4) is 0 Å². The van der Waals surface area contributed by atoms with Crippen LogP contribution in [0.5, 0.6) is 0 Å². The van der Waals surface area contributed by atoms with Gasteiger partial charge in [0.25, 0.3) is 0 Å². The van der Waals surface area contributed by atoms with Crippen molar-refractivity contribution in [3.8, 4) is 0 Å². The van der Waals surface area contributed by atoms with Crippen LogP contribution in [0, 0.1) is 5.92 Å². The van der Waals surface area contributed by atoms with E-state index >= 15 is 0 Å². The lowest BCUT2D eigenvalue weighted by Gasteiger charge is -2.31. The predicted octanol–water partition coefficient (Wildman–Crippen LogP) is -0.252. The molecule has 1 aromatic heterocycles. The highest BCUT2D eigenvalue weighted by molar-refractivity contribution is 7.89. The molecule has 0 bridgehead atoms. The third kappa shape index (κ3) is 4.51. The molecule has 1 aromatic rings. The minimum Gasteiger partial charge on any atom is -0.354 e. The molecule has 0 aromatic carbocycles. The van der Waals surface area contributed by atoms with Crippen LogP contribution in [-0.2, 0) is 24.4 Å². The van der Waals surface area contributed by atoms with Gasteiger partial charge in [0.1, 0.15) is 11.4 Å². The van der Waals surface area contributed by atoms with Gasteiger partial charge in [0.05, 0.1) is 0 Å². The number of aromatic nitrogens is 1. The molecule has 2 aliphatic rings. The van der Waals surface area contributed by atoms with Gasteiger partial charge in [-0.2, -0.15) is 4.31 Å². The number of sulfonamides is 1. The van der Waals surface area contributed by atoms with Gasteiger partial charge >= 0.3 is 0 Å². The summed E-state index contributed by atoms with van der Waals surface area (Å²) < 4.78 is 26.6. The molecule has 0 atom stereocenters. The van der Waals surface area contributed by atoms with Crippen LogP contribution < -0.4 is 5.32 Å². The zero-order chi connectivity index (χ0) is 19.4. The molecule has 0 aliphatic carbocycles. The number of carbonyl (C=O) groups excluding carboxylic acids is 3. The van der Waals surface area contributed by atoms with E-state index in [9.17, 15) is 22.8 Å². The van der Waals surface area contributed by atoms with E-state index in [1.54, 1.807) is 6.07 Å². The van der Waals surface area contributed by atoms with Crippen LogP contribution in [0.25, 0.3) is 0 Å². The molecule has 2 aliphatic heterocycles. The van der Waals surface area contributed by atoms with Gasteiger partial charge in [-0.15, -0.1) is 0 Å². The summed E-state index contributed by atoms with van der Waals surface area (Å²) >= 11 is 0. The number of rotatable bonds is 6. The van der Waals surface area contributed by atoms with Gasteiger partial charge in [-0.1, -0.05) is 0 Å². The summed E-state index contributed by atoms with van der Waals surface area (Å²) in [4.78, 5) is 40.1. The van der Waals surface area contributed by atoms with Crippen molar-refractivity contribution in [2.75, 3.05) is 26.2 Å². The summed E-state index contributed by atoms with van der Waals surface area (Å²) in [6.07, 6.45) is 4.44. The number of hydrogen-bond acceptors (Lipinski definition) is 6. The molecule has 3 rings (SSSR count). The van der Waals surface area contributed by atoms with Crippen LogP contribution in [0.4, 0.5) is 0 Å². The minimum absolute atomic E-state index is 0.152. The van der Waals surface area contributed by atoms with Crippen molar-refractivity contribution >= 4 is 27.7 Å². The number of likely N-dealkylation sites (tertiary alicyclic amines) is 1. The molecule has 146 valence electrons. The van der Waals surface area contributed by atoms with Crippen molar-refractivity contribution in [2.45, 2.75) is 30.6 Å². The molecular formula is C17H22N4O5S. The first kappa shape index (κ1) is 19.4. The normalized spacial score (nSPS) is 19.5. The Morgan fingerprint density at radius 2 is 1.85 bits per heavy atom. The Morgan fingerprint density at radius 3 is 2.44 bits per heavy atom. The molecule has 27 heavy (non-hydrogen) atoms. The molecule has 0 unspecified atom stereocenters. The van der Waals surface area contributed by atoms with Crippen molar-refractivity contribution in [1.29, 1.82) is 0 Å². The van der Waals surface area contributed by atoms with Crippen molar-refractivity contribution < 1.29 is 22.8 Å². The van der Waals surface area contributed by atoms with Gasteiger partial charge in [0.15, 0.2) is 0 Å². The van der Waals surface area contributed by atoms with Crippen LogP contribution in [0.15, 0.2) is 29.4 Å². The van der Waals surface area contributed by atoms with Crippen molar-refractivity contribution in [2.24, 2.45) is 5.92 Å². The Balaban J connectivity index is 1.45. The molecule has 0 saturated carbocycles. The van der Waals surface area contributed by atoms with Gasteiger partial charge in [-0.25, -0.2) is 8.42 Å². The zero-order valence-corrected chi connectivity index (χ0v) is 15.7. The van der Waals surface area contributed by atoms with E-state index < -0.39 is 10.0 Å². The molecule has 2 fully saturated rings. The second-order valence-electron chi connectivity index (χ2n) is 6.71. The minimum atomic E-state index is -3.54. The third-order valence-corrected chi connectivity index (χ3v) is 6.77. The molecule has 3 heterocycles. The highest BCUT2D eigenvalue weighted by atomic mass is 32.2. The fourth-order valence-corrected chi connectivity index (χ4v) is 4.69. The summed E-state index contributed by atoms with van der Waals surface area (Å²) in [5, 5.41) is 2.74. The molecule has 9 nitrogen and oxygen atoms in total. The van der Waals surface area contributed by atoms with Crippen molar-refractivity contribution in [3.63, 3.8) is 0 Å². The Bertz CT molecular complexity index is 803. The van der Waals surface area contributed by atoms with Gasteiger partial charge < -0.3 is 5.32 Å². The maximum atomic E-state index is 12.6. The van der Waals surface area contributed by atoms with Gasteiger partial charge in [0, 0.05) is 44.9 Å². The molecule has 10 heteroatoms. The maximum Gasteiger partial charge on any atom is 0.244 e. The first-order valence-electron chi connectivity index (χ1n) is 8.88. The number of piperidine rings is 1. The summed E-state index contributed by atoms with van der Waals surface area (Å²) in [6, 6.07) is 3.11. The standard InChI is InChI=1S/C17H22N4O5S/c22-15(12-21-16(23)3-4-17(21)24)19-10-13-5-8-20(9-6-13)27(25,26)14-2-1-7-18-11-14/h1-2,7,11,13H,3-6,8-10,12H2,(H,19,22). The van der Waals surface area contributed by atoms with Crippen LogP contribution in [-0.4, -0.2) is 66.5 Å². The van der Waals surface area contributed by atoms with E-state index in [0.29, 0.717) is 32.5 Å². The lowest BCUT2D eigenvalue weighted by atomic mass is 9.98. The second kappa shape index (κ2) is 8.13. The Morgan fingerprint density at radius 1 is 1.19 bits per heavy atom. The largest absolute Gasteiger partial charge is 0.354 e. The first-order valence-corrected chi connectivity index (χ1v) is 10.3. The fourth-order valence-electron chi connectivity index (χ4n) is 3.26. The first-order chi connectivity index (χ1) is 12.9. The van der Waals surface area contributed by atoms with Crippen LogP contribution in [0.1, 0.15) is 25.7 Å². The quantitative estimate of drug-likeness (QED) is 0.665. The van der Waals surface area contributed by atoms with Crippen molar-refractivity contribution in [3.05, 3.63) is 24.5 Å². The van der Waals surface area contributed by atoms with E-state index in [2.05, 4.69) is 10.3 Å². The highest BCUT2D eigenvalue weighted by Gasteiger charge is 2.32. The van der Waals surface area contributed by atoms with E-state index in [0.717, 1.165) is 4.90 Å². The fraction of sp³-hybridized carbons (Fsp3) is 0.529. The number of amides is 3. The molecular weight excluding hydrogens is 372 g/mol. The van der Waals surface area contributed by atoms with E-state index in [4.69, 9.17) is 0 Å². The molecule has 2 saturated heterocycles. The Kier molecular flexibility index (Phi) is 5.85. The molecule has 1 N–H and O–H groups in total. The topological polar surface area (TPSA) is 117 Å². The summed E-state index contributed by atoms with van der Waals surface area (Å²) in [5.74, 6) is -0.851. The summed E-state index contributed by atoms with van der Waals surface area (Å²) in [7, 11) is -3.54. The van der Waals surface area contributed by atoms with Crippen molar-refractivity contribution in [1.82, 2.24) is 19.5 Å². The second-order valence-corrected chi connectivity index (χ2v) is 8.65. The molecule has 0 radical (unpaired) electrons. The molecule has 3 amide bonds. The van der Waals surface area contributed by atoms with E-state index in [-0.39, 0.29) is 47.9 Å². The predicted molar refractivity (Wildman–Crippen MR) is 94.7 cm³/mol.